The fourth-order valence-corrected chi connectivity index (χ4v) is 2.23. The Morgan fingerprint density at radius 3 is 2.60 bits per heavy atom. The fourth-order valence-electron chi connectivity index (χ4n) is 2.23. The molecular weight excluding hydrogens is 258 g/mol. The highest BCUT2D eigenvalue weighted by Gasteiger charge is 2.13. The lowest BCUT2D eigenvalue weighted by Gasteiger charge is -2.07. The summed E-state index contributed by atoms with van der Waals surface area (Å²) in [5.41, 5.74) is 8.66. The van der Waals surface area contributed by atoms with E-state index < -0.39 is 11.2 Å². The van der Waals surface area contributed by atoms with Gasteiger partial charge in [0.1, 0.15) is 11.3 Å². The zero-order chi connectivity index (χ0) is 14.4. The number of nitrogens with one attached hydrogen (secondary N) is 3. The summed E-state index contributed by atoms with van der Waals surface area (Å²) in [5, 5.41) is 0. The van der Waals surface area contributed by atoms with Crippen LogP contribution in [0, 0.1) is 13.8 Å². The molecule has 0 unspecified atom stereocenters. The molecule has 7 nitrogen and oxygen atoms in total. The van der Waals surface area contributed by atoms with E-state index in [-0.39, 0.29) is 11.2 Å². The third-order valence-electron chi connectivity index (χ3n) is 3.18. The Kier molecular flexibility index (Phi) is 2.50. The van der Waals surface area contributed by atoms with Gasteiger partial charge in [0.2, 0.25) is 0 Å². The lowest BCUT2D eigenvalue weighted by Crippen LogP contribution is -2.21. The van der Waals surface area contributed by atoms with Crippen molar-refractivity contribution in [1.29, 1.82) is 0 Å². The van der Waals surface area contributed by atoms with E-state index in [4.69, 9.17) is 5.73 Å². The third-order valence-corrected chi connectivity index (χ3v) is 3.18. The molecule has 2 aromatic heterocycles. The number of fused-ring (bicyclic) bond motifs is 1. The van der Waals surface area contributed by atoms with E-state index in [2.05, 4.69) is 19.9 Å². The molecule has 0 amide bonds. The van der Waals surface area contributed by atoms with Gasteiger partial charge < -0.3 is 10.7 Å². The van der Waals surface area contributed by atoms with Gasteiger partial charge in [-0.05, 0) is 31.0 Å². The number of benzene rings is 1. The number of aromatic nitrogens is 4. The van der Waals surface area contributed by atoms with E-state index >= 15 is 0 Å². The predicted octanol–water partition coefficient (Wildman–Crippen LogP) is 0.806. The van der Waals surface area contributed by atoms with Crippen LogP contribution in [-0.4, -0.2) is 19.9 Å². The molecular formula is C13H13N5O2. The molecule has 2 heterocycles. The number of hydrogen-bond donors (Lipinski definition) is 4. The molecule has 20 heavy (non-hydrogen) atoms. The van der Waals surface area contributed by atoms with Crippen LogP contribution < -0.4 is 17.0 Å². The van der Waals surface area contributed by atoms with Gasteiger partial charge in [-0.25, -0.2) is 9.78 Å². The highest BCUT2D eigenvalue weighted by Crippen LogP contribution is 2.28. The number of aryl methyl sites for hydroxylation is 2. The van der Waals surface area contributed by atoms with Crippen molar-refractivity contribution in [3.05, 3.63) is 44.1 Å². The number of H-pyrrole nitrogens is 3. The molecule has 102 valence electrons. The quantitative estimate of drug-likeness (QED) is 0.489. The summed E-state index contributed by atoms with van der Waals surface area (Å²) in [5.74, 6) is 0.455. The Labute approximate surface area is 112 Å². The fraction of sp³-hybridized carbons (Fsp3) is 0.154. The van der Waals surface area contributed by atoms with Gasteiger partial charge in [-0.2, -0.15) is 0 Å². The van der Waals surface area contributed by atoms with E-state index in [1.54, 1.807) is 0 Å². The monoisotopic (exact) mass is 271 g/mol. The van der Waals surface area contributed by atoms with Crippen molar-refractivity contribution in [2.24, 2.45) is 0 Å². The zero-order valence-corrected chi connectivity index (χ0v) is 11.0. The molecule has 3 rings (SSSR count). The van der Waals surface area contributed by atoms with Crippen molar-refractivity contribution >= 4 is 16.9 Å². The van der Waals surface area contributed by atoms with Crippen LogP contribution in [-0.2, 0) is 0 Å². The number of aromatic amines is 3. The Morgan fingerprint density at radius 1 is 1.10 bits per heavy atom. The highest BCUT2D eigenvalue weighted by molar-refractivity contribution is 5.81. The lowest BCUT2D eigenvalue weighted by molar-refractivity contribution is 1.07. The average Bonchev–Trinajstić information content (AvgIpc) is 2.77. The van der Waals surface area contributed by atoms with Crippen molar-refractivity contribution < 1.29 is 0 Å². The molecule has 0 fully saturated rings. The molecule has 1 aromatic carbocycles. The number of nitrogens with zero attached hydrogens (tertiary/aromatic N) is 1. The van der Waals surface area contributed by atoms with Crippen LogP contribution in [0.15, 0.2) is 21.7 Å². The summed E-state index contributed by atoms with van der Waals surface area (Å²) in [6.07, 6.45) is 0. The topological polar surface area (TPSA) is 120 Å². The molecule has 0 aliphatic rings. The van der Waals surface area contributed by atoms with Gasteiger partial charge >= 0.3 is 5.69 Å². The SMILES string of the molecule is Cc1cc(C)c(N)c(-c2nc3[nH]c(=O)[nH]c(=O)c3[nH]2)c1. The molecule has 3 aromatic rings. The van der Waals surface area contributed by atoms with Gasteiger partial charge in [-0.1, -0.05) is 6.07 Å². The maximum absolute atomic E-state index is 11.7. The predicted molar refractivity (Wildman–Crippen MR) is 76.7 cm³/mol. The van der Waals surface area contributed by atoms with Crippen molar-refractivity contribution in [2.75, 3.05) is 5.73 Å². The Bertz CT molecular complexity index is 932. The molecule has 0 saturated heterocycles. The second-order valence-electron chi connectivity index (χ2n) is 4.76. The maximum Gasteiger partial charge on any atom is 0.327 e. The van der Waals surface area contributed by atoms with Gasteiger partial charge in [0.25, 0.3) is 5.56 Å². The number of hydrogen-bond acceptors (Lipinski definition) is 4. The first-order valence-electron chi connectivity index (χ1n) is 6.05. The summed E-state index contributed by atoms with van der Waals surface area (Å²) in [4.78, 5) is 34.7. The molecule has 0 aliphatic carbocycles. The number of nitrogens with two attached hydrogens (primary N) is 1. The average molecular weight is 271 g/mol. The van der Waals surface area contributed by atoms with Crippen molar-refractivity contribution in [2.45, 2.75) is 13.8 Å². The Balaban J connectivity index is 2.34. The summed E-state index contributed by atoms with van der Waals surface area (Å²) in [7, 11) is 0. The molecule has 0 bridgehead atoms. The molecule has 5 N–H and O–H groups in total. The van der Waals surface area contributed by atoms with Crippen LogP contribution in [0.3, 0.4) is 0 Å². The first kappa shape index (κ1) is 12.2. The summed E-state index contributed by atoms with van der Waals surface area (Å²) in [6.45, 7) is 3.86. The Hall–Kier alpha value is -2.83. The van der Waals surface area contributed by atoms with Gasteiger partial charge in [0.15, 0.2) is 5.65 Å². The van der Waals surface area contributed by atoms with Gasteiger partial charge in [-0.3, -0.25) is 14.8 Å². The number of imidazole rings is 1. The number of rotatable bonds is 1. The largest absolute Gasteiger partial charge is 0.398 e. The van der Waals surface area contributed by atoms with Crippen LogP contribution in [0.25, 0.3) is 22.6 Å². The third kappa shape index (κ3) is 1.80. The van der Waals surface area contributed by atoms with Crippen molar-refractivity contribution in [3.63, 3.8) is 0 Å². The van der Waals surface area contributed by atoms with Gasteiger partial charge in [0, 0.05) is 11.3 Å². The first-order chi connectivity index (χ1) is 9.45. The van der Waals surface area contributed by atoms with Crippen LogP contribution >= 0.6 is 0 Å². The van der Waals surface area contributed by atoms with E-state index in [1.165, 1.54) is 0 Å². The normalized spacial score (nSPS) is 11.1. The van der Waals surface area contributed by atoms with E-state index in [0.29, 0.717) is 17.1 Å². The zero-order valence-electron chi connectivity index (χ0n) is 11.0. The van der Waals surface area contributed by atoms with E-state index in [0.717, 1.165) is 11.1 Å². The second kappa shape index (κ2) is 4.09. The minimum absolute atomic E-state index is 0.215. The minimum atomic E-state index is -0.589. The molecule has 0 atom stereocenters. The smallest absolute Gasteiger partial charge is 0.327 e. The van der Waals surface area contributed by atoms with Crippen LogP contribution in [0.4, 0.5) is 5.69 Å². The maximum atomic E-state index is 11.7. The number of anilines is 1. The summed E-state index contributed by atoms with van der Waals surface area (Å²) >= 11 is 0. The minimum Gasteiger partial charge on any atom is -0.398 e. The Morgan fingerprint density at radius 2 is 1.85 bits per heavy atom. The van der Waals surface area contributed by atoms with Crippen LogP contribution in [0.5, 0.6) is 0 Å². The molecule has 0 saturated carbocycles. The molecule has 7 heteroatoms. The van der Waals surface area contributed by atoms with Crippen LogP contribution in [0.1, 0.15) is 11.1 Å². The summed E-state index contributed by atoms with van der Waals surface area (Å²) < 4.78 is 0. The lowest BCUT2D eigenvalue weighted by atomic mass is 10.0. The standard InChI is InChI=1S/C13H13N5O2/c1-5-3-6(2)8(14)7(4-5)10-15-9-11(16-10)17-13(20)18-12(9)19/h3-4H,14H2,1-2H3,(H3,15,16,17,18,19,20). The van der Waals surface area contributed by atoms with Crippen LogP contribution in [0.2, 0.25) is 0 Å². The second-order valence-corrected chi connectivity index (χ2v) is 4.76. The van der Waals surface area contributed by atoms with E-state index in [1.807, 2.05) is 26.0 Å². The number of nitrogen functional groups attached to an aromatic ring is 1. The first-order valence-corrected chi connectivity index (χ1v) is 6.05. The molecule has 0 radical (unpaired) electrons. The van der Waals surface area contributed by atoms with Crippen molar-refractivity contribution in [3.8, 4) is 11.4 Å². The molecule has 0 spiro atoms. The van der Waals surface area contributed by atoms with Gasteiger partial charge in [0.05, 0.1) is 0 Å². The summed E-state index contributed by atoms with van der Waals surface area (Å²) in [6, 6.07) is 3.85. The highest BCUT2D eigenvalue weighted by atomic mass is 16.2. The van der Waals surface area contributed by atoms with E-state index in [9.17, 15) is 9.59 Å². The van der Waals surface area contributed by atoms with Crippen molar-refractivity contribution in [1.82, 2.24) is 19.9 Å². The molecule has 0 aliphatic heterocycles. The van der Waals surface area contributed by atoms with Gasteiger partial charge in [-0.15, -0.1) is 0 Å².